The molecule has 0 heterocycles. The maximum absolute atomic E-state index is 13.8. The summed E-state index contributed by atoms with van der Waals surface area (Å²) in [6, 6.07) is 9.76. The van der Waals surface area contributed by atoms with E-state index < -0.39 is 41.7 Å². The minimum Gasteiger partial charge on any atom is -0.496 e. The van der Waals surface area contributed by atoms with E-state index in [9.17, 15) is 14.0 Å². The van der Waals surface area contributed by atoms with E-state index >= 15 is 0 Å². The van der Waals surface area contributed by atoms with Crippen LogP contribution >= 0.6 is 11.6 Å². The van der Waals surface area contributed by atoms with Gasteiger partial charge in [0.15, 0.2) is 6.10 Å². The lowest BCUT2D eigenvalue weighted by molar-refractivity contribution is -0.155. The number of ether oxygens (including phenoxy) is 4. The van der Waals surface area contributed by atoms with E-state index in [1.807, 2.05) is 0 Å². The minimum absolute atomic E-state index is 0.217. The number of para-hydroxylation sites is 1. The lowest BCUT2D eigenvalue weighted by atomic mass is 10.0. The molecule has 2 aromatic rings. The van der Waals surface area contributed by atoms with Crippen LogP contribution in [0.2, 0.25) is 5.02 Å². The second-order valence-electron chi connectivity index (χ2n) is 8.37. The van der Waals surface area contributed by atoms with E-state index in [0.29, 0.717) is 16.3 Å². The van der Waals surface area contributed by atoms with Gasteiger partial charge in [0, 0.05) is 11.6 Å². The van der Waals surface area contributed by atoms with Gasteiger partial charge in [-0.3, -0.25) is 0 Å². The van der Waals surface area contributed by atoms with E-state index in [4.69, 9.17) is 30.5 Å². The van der Waals surface area contributed by atoms with Crippen LogP contribution in [-0.4, -0.2) is 36.9 Å². The quantitative estimate of drug-likeness (QED) is 0.504. The highest BCUT2D eigenvalue weighted by atomic mass is 35.5. The molecule has 2 aromatic carbocycles. The van der Waals surface area contributed by atoms with Gasteiger partial charge >= 0.3 is 12.1 Å². The first-order valence-electron chi connectivity index (χ1n) is 10.4. The van der Waals surface area contributed by atoms with Gasteiger partial charge in [0.1, 0.15) is 35.1 Å². The molecule has 180 valence electrons. The second-order valence-corrected chi connectivity index (χ2v) is 8.77. The van der Waals surface area contributed by atoms with Crippen molar-refractivity contribution in [3.05, 3.63) is 58.9 Å². The van der Waals surface area contributed by atoms with E-state index in [1.165, 1.54) is 32.2 Å². The second kappa shape index (κ2) is 11.2. The molecule has 2 rings (SSSR count). The van der Waals surface area contributed by atoms with Gasteiger partial charge in [0.2, 0.25) is 0 Å². The average Bonchev–Trinajstić information content (AvgIpc) is 2.71. The van der Waals surface area contributed by atoms with Gasteiger partial charge in [-0.15, -0.1) is 0 Å². The van der Waals surface area contributed by atoms with Crippen LogP contribution in [0.3, 0.4) is 0 Å². The maximum Gasteiger partial charge on any atom is 0.408 e. The number of rotatable bonds is 8. The molecule has 0 unspecified atom stereocenters. The number of nitrogens with one attached hydrogen (secondary N) is 1. The number of halogens is 2. The number of hydrogen-bond acceptors (Lipinski definition) is 6. The molecule has 7 nitrogen and oxygen atoms in total. The van der Waals surface area contributed by atoms with Crippen LogP contribution in [-0.2, 0) is 14.3 Å². The van der Waals surface area contributed by atoms with Crippen LogP contribution in [0.25, 0.3) is 0 Å². The van der Waals surface area contributed by atoms with Crippen molar-refractivity contribution in [2.24, 2.45) is 0 Å². The SMILES string of the molecule is COc1cc(F)ccc1[C@@H](Oc1ccccc1Cl)[C@H](C)OC(=O)[C@H](C)NC(=O)OC(C)(C)C. The Labute approximate surface area is 198 Å². The highest BCUT2D eigenvalue weighted by molar-refractivity contribution is 6.32. The van der Waals surface area contributed by atoms with E-state index in [1.54, 1.807) is 52.0 Å². The Morgan fingerprint density at radius 1 is 1.06 bits per heavy atom. The Morgan fingerprint density at radius 2 is 1.73 bits per heavy atom. The van der Waals surface area contributed by atoms with Gasteiger partial charge in [0.25, 0.3) is 0 Å². The van der Waals surface area contributed by atoms with Crippen LogP contribution in [0.15, 0.2) is 42.5 Å². The Bertz CT molecular complexity index is 978. The monoisotopic (exact) mass is 481 g/mol. The van der Waals surface area contributed by atoms with Crippen molar-refractivity contribution in [2.75, 3.05) is 7.11 Å². The van der Waals surface area contributed by atoms with Crippen molar-refractivity contribution >= 4 is 23.7 Å². The number of amides is 1. The van der Waals surface area contributed by atoms with Crippen molar-refractivity contribution in [1.29, 1.82) is 0 Å². The molecule has 0 fully saturated rings. The zero-order valence-corrected chi connectivity index (χ0v) is 20.2. The van der Waals surface area contributed by atoms with E-state index in [0.717, 1.165) is 0 Å². The van der Waals surface area contributed by atoms with Crippen molar-refractivity contribution in [3.63, 3.8) is 0 Å². The van der Waals surface area contributed by atoms with Crippen molar-refractivity contribution in [1.82, 2.24) is 5.32 Å². The number of carbonyl (C=O) groups is 2. The van der Waals surface area contributed by atoms with Crippen molar-refractivity contribution in [2.45, 2.75) is 58.5 Å². The van der Waals surface area contributed by atoms with Gasteiger partial charge in [-0.25, -0.2) is 14.0 Å². The summed E-state index contributed by atoms with van der Waals surface area (Å²) in [6.07, 6.45) is -2.50. The lowest BCUT2D eigenvalue weighted by Gasteiger charge is -2.28. The standard InChI is InChI=1S/C24H29ClFNO6/c1-14(27-23(29)33-24(3,4)5)22(28)31-15(2)21(32-19-10-8-7-9-18(19)25)17-12-11-16(26)13-20(17)30-6/h7-15,21H,1-6H3,(H,27,29)/t14-,15-,21-/m0/s1. The maximum atomic E-state index is 13.8. The predicted molar refractivity (Wildman–Crippen MR) is 122 cm³/mol. The fourth-order valence-corrected chi connectivity index (χ4v) is 3.08. The fourth-order valence-electron chi connectivity index (χ4n) is 2.90. The molecule has 3 atom stereocenters. The molecule has 1 N–H and O–H groups in total. The number of alkyl carbamates (subject to hydrolysis) is 1. The Hall–Kier alpha value is -3.00. The Morgan fingerprint density at radius 3 is 2.33 bits per heavy atom. The van der Waals surface area contributed by atoms with Crippen molar-refractivity contribution in [3.8, 4) is 11.5 Å². The predicted octanol–water partition coefficient (Wildman–Crippen LogP) is 5.45. The van der Waals surface area contributed by atoms with E-state index in [-0.39, 0.29) is 5.75 Å². The lowest BCUT2D eigenvalue weighted by Crippen LogP contribution is -2.43. The molecular formula is C24H29ClFNO6. The number of carbonyl (C=O) groups excluding carboxylic acids is 2. The third-order valence-electron chi connectivity index (χ3n) is 4.41. The summed E-state index contributed by atoms with van der Waals surface area (Å²) < 4.78 is 35.9. The number of methoxy groups -OCH3 is 1. The van der Waals surface area contributed by atoms with Gasteiger partial charge in [-0.05, 0) is 58.9 Å². The number of benzene rings is 2. The fraction of sp³-hybridized carbons (Fsp3) is 0.417. The summed E-state index contributed by atoms with van der Waals surface area (Å²) in [7, 11) is 1.40. The third-order valence-corrected chi connectivity index (χ3v) is 4.72. The van der Waals surface area contributed by atoms with Crippen LogP contribution in [0.1, 0.15) is 46.3 Å². The van der Waals surface area contributed by atoms with Crippen LogP contribution in [0.5, 0.6) is 11.5 Å². The molecule has 0 spiro atoms. The largest absolute Gasteiger partial charge is 0.496 e. The first kappa shape index (κ1) is 26.3. The van der Waals surface area contributed by atoms with E-state index in [2.05, 4.69) is 5.32 Å². The molecule has 0 radical (unpaired) electrons. The molecule has 0 bridgehead atoms. The highest BCUT2D eigenvalue weighted by Gasteiger charge is 2.31. The number of hydrogen-bond donors (Lipinski definition) is 1. The molecule has 1 amide bonds. The summed E-state index contributed by atoms with van der Waals surface area (Å²) in [5, 5.41) is 2.79. The van der Waals surface area contributed by atoms with Gasteiger partial charge in [-0.1, -0.05) is 23.7 Å². The van der Waals surface area contributed by atoms with Gasteiger partial charge in [0.05, 0.1) is 12.1 Å². The molecule has 0 saturated heterocycles. The normalized spacial score (nSPS) is 13.9. The first-order valence-corrected chi connectivity index (χ1v) is 10.7. The molecule has 0 aliphatic carbocycles. The summed E-state index contributed by atoms with van der Waals surface area (Å²) >= 11 is 6.24. The third kappa shape index (κ3) is 7.82. The molecule has 0 saturated carbocycles. The molecule has 0 aromatic heterocycles. The summed E-state index contributed by atoms with van der Waals surface area (Å²) in [6.45, 7) is 8.23. The molecule has 9 heteroatoms. The summed E-state index contributed by atoms with van der Waals surface area (Å²) in [5.41, 5.74) is -0.263. The Kier molecular flexibility index (Phi) is 8.93. The Balaban J connectivity index is 2.25. The average molecular weight is 482 g/mol. The zero-order chi connectivity index (χ0) is 24.8. The highest BCUT2D eigenvalue weighted by Crippen LogP contribution is 2.35. The minimum atomic E-state index is -0.988. The molecule has 0 aliphatic heterocycles. The smallest absolute Gasteiger partial charge is 0.408 e. The summed E-state index contributed by atoms with van der Waals surface area (Å²) in [5.74, 6) is -0.637. The van der Waals surface area contributed by atoms with Gasteiger partial charge < -0.3 is 24.3 Å². The number of esters is 1. The van der Waals surface area contributed by atoms with Gasteiger partial charge in [-0.2, -0.15) is 0 Å². The topological polar surface area (TPSA) is 83.1 Å². The van der Waals surface area contributed by atoms with Crippen LogP contribution < -0.4 is 14.8 Å². The molecular weight excluding hydrogens is 453 g/mol. The zero-order valence-electron chi connectivity index (χ0n) is 19.5. The molecule has 0 aliphatic rings. The van der Waals surface area contributed by atoms with Crippen LogP contribution in [0.4, 0.5) is 9.18 Å². The molecule has 33 heavy (non-hydrogen) atoms. The first-order chi connectivity index (χ1) is 15.4. The van der Waals surface area contributed by atoms with Crippen LogP contribution in [0, 0.1) is 5.82 Å². The summed E-state index contributed by atoms with van der Waals surface area (Å²) in [4.78, 5) is 24.6. The van der Waals surface area contributed by atoms with Crippen molar-refractivity contribution < 1.29 is 32.9 Å².